The van der Waals surface area contributed by atoms with E-state index in [1.54, 1.807) is 13.3 Å². The average molecular weight is 347 g/mol. The van der Waals surface area contributed by atoms with E-state index in [0.29, 0.717) is 5.88 Å². The average Bonchev–Trinajstić information content (AvgIpc) is 2.97. The first-order chi connectivity index (χ1) is 11.2. The van der Waals surface area contributed by atoms with Crippen LogP contribution in [-0.4, -0.2) is 38.5 Å². The van der Waals surface area contributed by atoms with Crippen LogP contribution in [0.5, 0.6) is 11.6 Å². The van der Waals surface area contributed by atoms with Gasteiger partial charge in [0.15, 0.2) is 9.76 Å². The van der Waals surface area contributed by atoms with Crippen molar-refractivity contribution in [3.05, 3.63) is 23.9 Å². The van der Waals surface area contributed by atoms with Gasteiger partial charge in [-0.2, -0.15) is 0 Å². The number of aromatic nitrogens is 2. The van der Waals surface area contributed by atoms with E-state index < -0.39 is 9.76 Å². The summed E-state index contributed by atoms with van der Waals surface area (Å²) in [4.78, 5) is 9.03. The van der Waals surface area contributed by atoms with Crippen molar-refractivity contribution in [3.8, 4) is 11.6 Å². The predicted octanol–water partition coefficient (Wildman–Crippen LogP) is 3.04. The summed E-state index contributed by atoms with van der Waals surface area (Å²) in [5.74, 6) is 1.40. The molecule has 130 valence electrons. The first kappa shape index (κ1) is 17.2. The van der Waals surface area contributed by atoms with E-state index in [1.807, 2.05) is 12.1 Å². The molecule has 6 heteroatoms. The van der Waals surface area contributed by atoms with Crippen molar-refractivity contribution in [2.75, 3.05) is 7.11 Å². The second kappa shape index (κ2) is 6.00. The first-order valence-electron chi connectivity index (χ1n) is 8.33. The molecule has 0 amide bonds. The highest BCUT2D eigenvalue weighted by molar-refractivity contribution is 6.31. The summed E-state index contributed by atoms with van der Waals surface area (Å²) in [6.07, 6.45) is 2.55. The first-order valence-corrected chi connectivity index (χ1v) is 9.61. The fourth-order valence-electron chi connectivity index (χ4n) is 2.76. The van der Waals surface area contributed by atoms with Gasteiger partial charge in [0.2, 0.25) is 5.88 Å². The Bertz CT molecular complexity index is 756. The molecular weight excluding hydrogens is 320 g/mol. The highest BCUT2D eigenvalue weighted by Crippen LogP contribution is 2.38. The van der Waals surface area contributed by atoms with Crippen LogP contribution in [0.15, 0.2) is 18.3 Å². The van der Waals surface area contributed by atoms with Gasteiger partial charge in [-0.25, -0.2) is 4.98 Å². The highest BCUT2D eigenvalue weighted by Gasteiger charge is 2.39. The van der Waals surface area contributed by atoms with Crippen molar-refractivity contribution < 1.29 is 13.9 Å². The fraction of sp³-hybridized carbons (Fsp3) is 0.556. The number of pyridine rings is 2. The molecule has 5 nitrogen and oxygen atoms in total. The summed E-state index contributed by atoms with van der Waals surface area (Å²) in [7, 11) is 0.967. The van der Waals surface area contributed by atoms with Crippen LogP contribution in [0.1, 0.15) is 40.2 Å². The van der Waals surface area contributed by atoms with Crippen LogP contribution in [0.4, 0.5) is 0 Å². The van der Waals surface area contributed by atoms with Gasteiger partial charge in [0.25, 0.3) is 0 Å². The molecule has 24 heavy (non-hydrogen) atoms. The molecule has 3 rings (SSSR count). The Kier molecular flexibility index (Phi) is 4.30. The van der Waals surface area contributed by atoms with Gasteiger partial charge in [0.05, 0.1) is 29.9 Å². The Morgan fingerprint density at radius 3 is 2.62 bits per heavy atom. The van der Waals surface area contributed by atoms with Gasteiger partial charge in [-0.1, -0.05) is 20.8 Å². The van der Waals surface area contributed by atoms with E-state index in [9.17, 15) is 0 Å². The summed E-state index contributed by atoms with van der Waals surface area (Å²) in [6, 6.07) is 3.76. The number of fused-ring (bicyclic) bond motifs is 3. The van der Waals surface area contributed by atoms with Crippen molar-refractivity contribution in [1.82, 2.24) is 9.97 Å². The maximum Gasteiger partial charge on any atom is 0.213 e. The van der Waals surface area contributed by atoms with Crippen molar-refractivity contribution in [2.24, 2.45) is 0 Å². The third kappa shape index (κ3) is 3.39. The third-order valence-electron chi connectivity index (χ3n) is 4.27. The van der Waals surface area contributed by atoms with Crippen molar-refractivity contribution in [2.45, 2.75) is 57.8 Å². The van der Waals surface area contributed by atoms with Gasteiger partial charge in [-0.05, 0) is 25.0 Å². The Hall–Kier alpha value is -1.66. The number of hydrogen-bond acceptors (Lipinski definition) is 5. The normalized spacial score (nSPS) is 18.2. The molecule has 1 atom stereocenters. The number of ether oxygens (including phenoxy) is 2. The number of hydrogen-bond donors (Lipinski definition) is 0. The van der Waals surface area contributed by atoms with Crippen molar-refractivity contribution in [3.63, 3.8) is 0 Å². The molecule has 0 spiro atoms. The summed E-state index contributed by atoms with van der Waals surface area (Å²) in [5.41, 5.74) is 2.49. The molecule has 1 aliphatic heterocycles. The van der Waals surface area contributed by atoms with Crippen molar-refractivity contribution >= 4 is 20.8 Å². The zero-order chi connectivity index (χ0) is 17.5. The Morgan fingerprint density at radius 2 is 1.96 bits per heavy atom. The van der Waals surface area contributed by atoms with Gasteiger partial charge in [-0.15, -0.1) is 0 Å². The molecule has 0 saturated heterocycles. The molecule has 3 heterocycles. The highest BCUT2D eigenvalue weighted by atomic mass is 28.2. The lowest BCUT2D eigenvalue weighted by molar-refractivity contribution is -0.00246. The lowest BCUT2D eigenvalue weighted by Gasteiger charge is -2.34. The molecule has 1 aliphatic rings. The summed E-state index contributed by atoms with van der Waals surface area (Å²) < 4.78 is 17.7. The molecule has 0 saturated carbocycles. The minimum Gasteiger partial charge on any atom is -0.485 e. The second-order valence-corrected chi connectivity index (χ2v) is 10.8. The largest absolute Gasteiger partial charge is 0.485 e. The molecule has 2 aromatic rings. The minimum atomic E-state index is -0.656. The van der Waals surface area contributed by atoms with Crippen LogP contribution in [0.3, 0.4) is 0 Å². The predicted molar refractivity (Wildman–Crippen MR) is 97.6 cm³/mol. The van der Waals surface area contributed by atoms with Crippen LogP contribution < -0.4 is 9.47 Å². The van der Waals surface area contributed by atoms with E-state index in [-0.39, 0.29) is 16.7 Å². The van der Waals surface area contributed by atoms with Crippen molar-refractivity contribution in [1.29, 1.82) is 0 Å². The van der Waals surface area contributed by atoms with E-state index >= 15 is 0 Å². The molecule has 0 N–H and O–H groups in total. The van der Waals surface area contributed by atoms with E-state index in [4.69, 9.17) is 13.9 Å². The van der Waals surface area contributed by atoms with Crippen LogP contribution in [-0.2, 0) is 10.8 Å². The molecule has 0 aliphatic carbocycles. The maximum atomic E-state index is 6.31. The van der Waals surface area contributed by atoms with Gasteiger partial charge in [0, 0.05) is 18.1 Å². The van der Waals surface area contributed by atoms with E-state index in [1.165, 1.54) is 0 Å². The van der Waals surface area contributed by atoms with Crippen LogP contribution >= 0.6 is 0 Å². The lowest BCUT2D eigenvalue weighted by Crippen LogP contribution is -2.44. The zero-order valence-corrected chi connectivity index (χ0v) is 16.8. The fourth-order valence-corrected chi connectivity index (χ4v) is 3.75. The topological polar surface area (TPSA) is 53.5 Å². The molecule has 1 unspecified atom stereocenters. The standard InChI is InChI=1S/C18H26N2O3Si/c1-17(2,3)24-23-18(4,5)14-9-11-13(22-14)10-19-12-7-8-15(21-6)20-16(11)12/h7-8,10,14H,9,24H2,1-6H3. The summed E-state index contributed by atoms with van der Waals surface area (Å²) in [5, 5.41) is 0.256. The molecule has 0 fully saturated rings. The van der Waals surface area contributed by atoms with Gasteiger partial charge in [0.1, 0.15) is 11.9 Å². The maximum absolute atomic E-state index is 6.31. The van der Waals surface area contributed by atoms with Crippen LogP contribution in [0.2, 0.25) is 5.04 Å². The number of nitrogens with zero attached hydrogens (tertiary/aromatic N) is 2. The zero-order valence-electron chi connectivity index (χ0n) is 15.3. The number of methoxy groups -OCH3 is 1. The summed E-state index contributed by atoms with van der Waals surface area (Å²) in [6.45, 7) is 10.9. The SMILES string of the molecule is COc1ccc2ncc3c(c2n1)CC(C(C)(C)O[SiH2]C(C)(C)C)O3. The molecule has 0 bridgehead atoms. The quantitative estimate of drug-likeness (QED) is 0.797. The van der Waals surface area contributed by atoms with Gasteiger partial charge in [-0.3, -0.25) is 4.98 Å². The Balaban J connectivity index is 1.87. The molecule has 0 radical (unpaired) electrons. The van der Waals surface area contributed by atoms with E-state index in [0.717, 1.165) is 28.8 Å². The third-order valence-corrected chi connectivity index (χ3v) is 6.03. The smallest absolute Gasteiger partial charge is 0.213 e. The van der Waals surface area contributed by atoms with Gasteiger partial charge < -0.3 is 13.9 Å². The monoisotopic (exact) mass is 346 g/mol. The lowest BCUT2D eigenvalue weighted by atomic mass is 9.97. The Morgan fingerprint density at radius 1 is 1.21 bits per heavy atom. The minimum absolute atomic E-state index is 0.0252. The second-order valence-electron chi connectivity index (χ2n) is 8.09. The molecule has 0 aromatic carbocycles. The van der Waals surface area contributed by atoms with E-state index in [2.05, 4.69) is 44.6 Å². The van der Waals surface area contributed by atoms with Crippen LogP contribution in [0, 0.1) is 0 Å². The molecule has 2 aromatic heterocycles. The van der Waals surface area contributed by atoms with Crippen LogP contribution in [0.25, 0.3) is 11.0 Å². The number of rotatable bonds is 4. The summed E-state index contributed by atoms with van der Waals surface area (Å²) >= 11 is 0. The molecular formula is C18H26N2O3Si. The van der Waals surface area contributed by atoms with Gasteiger partial charge >= 0.3 is 0 Å². The Labute approximate surface area is 145 Å².